The first kappa shape index (κ1) is 24.1. The fourth-order valence-electron chi connectivity index (χ4n) is 3.56. The van der Waals surface area contributed by atoms with Crippen molar-refractivity contribution in [2.75, 3.05) is 40.0 Å². The molecule has 32 heavy (non-hydrogen) atoms. The predicted molar refractivity (Wildman–Crippen MR) is 128 cm³/mol. The molecule has 0 unspecified atom stereocenters. The van der Waals surface area contributed by atoms with Gasteiger partial charge < -0.3 is 19.6 Å². The zero-order chi connectivity index (χ0) is 23.1. The smallest absolute Gasteiger partial charge is 0.260 e. The Hall–Kier alpha value is -2.54. The summed E-state index contributed by atoms with van der Waals surface area (Å²) in [6, 6.07) is 6.23. The number of fused-ring (bicyclic) bond motifs is 1. The van der Waals surface area contributed by atoms with Gasteiger partial charge in [-0.1, -0.05) is 29.7 Å². The van der Waals surface area contributed by atoms with Crippen LogP contribution in [0.2, 0.25) is 0 Å². The first-order valence-electron chi connectivity index (χ1n) is 10.4. The molecule has 1 aromatic carbocycles. The predicted octanol–water partition coefficient (Wildman–Crippen LogP) is 2.73. The maximum absolute atomic E-state index is 13.0. The molecule has 0 aliphatic heterocycles. The summed E-state index contributed by atoms with van der Waals surface area (Å²) in [5.74, 6) is 2.92. The number of aryl methyl sites for hydroxylation is 2. The van der Waals surface area contributed by atoms with Crippen LogP contribution >= 0.6 is 11.3 Å². The van der Waals surface area contributed by atoms with Crippen LogP contribution in [0.25, 0.3) is 21.3 Å². The van der Waals surface area contributed by atoms with Gasteiger partial charge >= 0.3 is 0 Å². The average Bonchev–Trinajstić information content (AvgIpc) is 3.18. The number of aromatic nitrogens is 2. The van der Waals surface area contributed by atoms with Crippen LogP contribution < -0.4 is 5.56 Å². The normalized spacial score (nSPS) is 12.4. The van der Waals surface area contributed by atoms with Gasteiger partial charge in [0.05, 0.1) is 31.2 Å². The summed E-state index contributed by atoms with van der Waals surface area (Å²) < 4.78 is 10.4. The number of thiophene rings is 1. The van der Waals surface area contributed by atoms with Gasteiger partial charge in [0.1, 0.15) is 17.3 Å². The zero-order valence-electron chi connectivity index (χ0n) is 18.7. The van der Waals surface area contributed by atoms with Gasteiger partial charge in [-0.3, -0.25) is 9.69 Å². The minimum absolute atomic E-state index is 0.140. The number of hydrogen-bond acceptors (Lipinski definition) is 7. The Morgan fingerprint density at radius 3 is 2.91 bits per heavy atom. The van der Waals surface area contributed by atoms with Crippen LogP contribution in [0.15, 0.2) is 28.4 Å². The number of H-pyrrole nitrogens is 1. The van der Waals surface area contributed by atoms with Crippen LogP contribution in [-0.4, -0.2) is 66.1 Å². The first-order chi connectivity index (χ1) is 15.4. The number of hydrogen-bond donors (Lipinski definition) is 2. The molecule has 0 amide bonds. The third kappa shape index (κ3) is 6.03. The van der Waals surface area contributed by atoms with Crippen molar-refractivity contribution in [3.63, 3.8) is 0 Å². The van der Waals surface area contributed by atoms with Crippen LogP contribution in [0.4, 0.5) is 0 Å². The highest BCUT2D eigenvalue weighted by molar-refractivity contribution is 7.17. The minimum atomic E-state index is -0.715. The van der Waals surface area contributed by atoms with Gasteiger partial charge in [-0.25, -0.2) is 4.98 Å². The second kappa shape index (κ2) is 11.4. The average molecular weight is 456 g/mol. The summed E-state index contributed by atoms with van der Waals surface area (Å²) in [6.07, 6.45) is 4.46. The quantitative estimate of drug-likeness (QED) is 0.342. The highest BCUT2D eigenvalue weighted by atomic mass is 32.1. The summed E-state index contributed by atoms with van der Waals surface area (Å²) in [5.41, 5.74) is 4.05. The Bertz CT molecular complexity index is 1150. The molecule has 0 radical (unpaired) electrons. The number of nitrogens with zero attached hydrogens (tertiary/aromatic N) is 2. The van der Waals surface area contributed by atoms with Gasteiger partial charge in [-0.2, -0.15) is 0 Å². The van der Waals surface area contributed by atoms with E-state index >= 15 is 0 Å². The molecule has 0 fully saturated rings. The van der Waals surface area contributed by atoms with Crippen LogP contribution in [0, 0.1) is 26.2 Å². The molecule has 2 N–H and O–H groups in total. The molecule has 0 aliphatic carbocycles. The molecule has 3 rings (SSSR count). The van der Waals surface area contributed by atoms with E-state index in [0.717, 1.165) is 22.3 Å². The van der Waals surface area contributed by atoms with E-state index in [1.54, 1.807) is 7.11 Å². The van der Waals surface area contributed by atoms with Crippen LogP contribution in [0.3, 0.4) is 0 Å². The summed E-state index contributed by atoms with van der Waals surface area (Å²) in [7, 11) is 1.62. The van der Waals surface area contributed by atoms with Crippen LogP contribution in [0.5, 0.6) is 0 Å². The third-order valence-electron chi connectivity index (χ3n) is 5.13. The maximum Gasteiger partial charge on any atom is 0.260 e. The molecular weight excluding hydrogens is 426 g/mol. The Kier molecular flexibility index (Phi) is 8.56. The molecule has 2 heterocycles. The number of methoxy groups -OCH3 is 1. The van der Waals surface area contributed by atoms with Gasteiger partial charge in [-0.15, -0.1) is 17.8 Å². The highest BCUT2D eigenvalue weighted by Crippen LogP contribution is 2.33. The second-order valence-corrected chi connectivity index (χ2v) is 8.62. The molecule has 0 bridgehead atoms. The lowest BCUT2D eigenvalue weighted by atomic mass is 9.99. The fourth-order valence-corrected chi connectivity index (χ4v) is 4.52. The van der Waals surface area contributed by atoms with Gasteiger partial charge in [0.15, 0.2) is 0 Å². The molecule has 1 atom stereocenters. The summed E-state index contributed by atoms with van der Waals surface area (Å²) in [5, 5.41) is 12.9. The van der Waals surface area contributed by atoms with Crippen LogP contribution in [0.1, 0.15) is 17.0 Å². The topological polar surface area (TPSA) is 87.7 Å². The van der Waals surface area contributed by atoms with E-state index in [9.17, 15) is 9.90 Å². The SMILES string of the molecule is C#CCOC[C@@H](O)CN(CCOC)Cc1nc2scc(-c3cc(C)ccc3C)c2c(=O)[nH]1. The van der Waals surface area contributed by atoms with E-state index in [-0.39, 0.29) is 18.8 Å². The zero-order valence-corrected chi connectivity index (χ0v) is 19.5. The monoisotopic (exact) mass is 455 g/mol. The molecule has 2 aromatic heterocycles. The van der Waals surface area contributed by atoms with Crippen molar-refractivity contribution in [2.45, 2.75) is 26.5 Å². The van der Waals surface area contributed by atoms with Gasteiger partial charge in [0.2, 0.25) is 0 Å². The number of terminal acetylenes is 1. The second-order valence-electron chi connectivity index (χ2n) is 7.76. The fraction of sp³-hybridized carbons (Fsp3) is 0.417. The van der Waals surface area contributed by atoms with Crippen molar-refractivity contribution in [3.8, 4) is 23.5 Å². The molecule has 0 spiro atoms. The standard InChI is InChI=1S/C24H29N3O4S/c1-5-9-31-14-18(28)12-27(8-10-30-4)13-21-25-23(29)22-20(15-32-24(22)26-21)19-11-16(2)6-7-17(19)3/h1,6-7,11,15,18,28H,8-10,12-14H2,2-4H3,(H,25,26,29)/t18-/m0/s1. The van der Waals surface area contributed by atoms with Crippen molar-refractivity contribution in [2.24, 2.45) is 0 Å². The maximum atomic E-state index is 13.0. The molecule has 0 saturated heterocycles. The van der Waals surface area contributed by atoms with Crippen LogP contribution in [-0.2, 0) is 16.0 Å². The number of aromatic amines is 1. The van der Waals surface area contributed by atoms with Crippen molar-refractivity contribution >= 4 is 21.6 Å². The lowest BCUT2D eigenvalue weighted by molar-refractivity contribution is 0.0202. The Labute approximate surface area is 192 Å². The lowest BCUT2D eigenvalue weighted by Gasteiger charge is -2.24. The molecule has 0 aliphatic rings. The minimum Gasteiger partial charge on any atom is -0.389 e. The van der Waals surface area contributed by atoms with Crippen molar-refractivity contribution in [3.05, 3.63) is 50.9 Å². The van der Waals surface area contributed by atoms with Gasteiger partial charge in [0.25, 0.3) is 5.56 Å². The largest absolute Gasteiger partial charge is 0.389 e. The summed E-state index contributed by atoms with van der Waals surface area (Å²) >= 11 is 1.46. The number of nitrogens with one attached hydrogen (secondary N) is 1. The summed E-state index contributed by atoms with van der Waals surface area (Å²) in [4.78, 5) is 23.3. The van der Waals surface area contributed by atoms with E-state index < -0.39 is 6.10 Å². The molecule has 7 nitrogen and oxygen atoms in total. The van der Waals surface area contributed by atoms with Crippen molar-refractivity contribution in [1.29, 1.82) is 0 Å². The number of rotatable bonds is 11. The lowest BCUT2D eigenvalue weighted by Crippen LogP contribution is -2.37. The Morgan fingerprint density at radius 1 is 1.34 bits per heavy atom. The number of ether oxygens (including phenoxy) is 2. The van der Waals surface area contributed by atoms with E-state index in [4.69, 9.17) is 20.9 Å². The van der Waals surface area contributed by atoms with Crippen molar-refractivity contribution < 1.29 is 14.6 Å². The molecule has 3 aromatic rings. The van der Waals surface area contributed by atoms with Crippen molar-refractivity contribution in [1.82, 2.24) is 14.9 Å². The Morgan fingerprint density at radius 2 is 2.16 bits per heavy atom. The first-order valence-corrected chi connectivity index (χ1v) is 11.3. The Balaban J connectivity index is 1.84. The van der Waals surface area contributed by atoms with E-state index in [2.05, 4.69) is 29.1 Å². The summed E-state index contributed by atoms with van der Waals surface area (Å²) in [6.45, 7) is 6.15. The molecule has 0 saturated carbocycles. The number of benzene rings is 1. The molecule has 8 heteroatoms. The van der Waals surface area contributed by atoms with E-state index in [0.29, 0.717) is 42.3 Å². The van der Waals surface area contributed by atoms with Gasteiger partial charge in [-0.05, 0) is 25.0 Å². The molecular formula is C24H29N3O4S. The third-order valence-corrected chi connectivity index (χ3v) is 6.00. The van der Waals surface area contributed by atoms with E-state index in [1.165, 1.54) is 11.3 Å². The highest BCUT2D eigenvalue weighted by Gasteiger charge is 2.17. The molecule has 170 valence electrons. The number of aliphatic hydroxyl groups excluding tert-OH is 1. The van der Waals surface area contributed by atoms with Gasteiger partial charge in [0, 0.05) is 31.1 Å². The van der Waals surface area contributed by atoms with E-state index in [1.807, 2.05) is 24.1 Å². The number of aliphatic hydroxyl groups is 1.